The summed E-state index contributed by atoms with van der Waals surface area (Å²) in [7, 11) is -4.11. The predicted octanol–water partition coefficient (Wildman–Crippen LogP) is 3.56. The first kappa shape index (κ1) is 28.5. The molecule has 38 heavy (non-hydrogen) atoms. The quantitative estimate of drug-likeness (QED) is 0.246. The lowest BCUT2D eigenvalue weighted by Crippen LogP contribution is -2.43. The third-order valence-electron chi connectivity index (χ3n) is 6.14. The molecule has 0 bridgehead atoms. The first-order valence-electron chi connectivity index (χ1n) is 12.3. The van der Waals surface area contributed by atoms with Gasteiger partial charge in [-0.05, 0) is 61.3 Å². The van der Waals surface area contributed by atoms with Crippen LogP contribution in [0.4, 0.5) is 0 Å². The summed E-state index contributed by atoms with van der Waals surface area (Å²) in [6.45, 7) is 3.82. The molecule has 1 saturated heterocycles. The number of hydrogen-bond acceptors (Lipinski definition) is 9. The summed E-state index contributed by atoms with van der Waals surface area (Å²) in [4.78, 5) is 18.1. The van der Waals surface area contributed by atoms with E-state index in [2.05, 4.69) is 14.6 Å². The topological polar surface area (TPSA) is 129 Å². The molecule has 0 amide bonds. The van der Waals surface area contributed by atoms with Gasteiger partial charge in [0.25, 0.3) is 0 Å². The van der Waals surface area contributed by atoms with Crippen LogP contribution in [0.3, 0.4) is 0 Å². The number of nitrogens with one attached hydrogen (secondary N) is 1. The first-order chi connectivity index (χ1) is 18.3. The number of aliphatic hydroxyl groups excluding tert-OH is 1. The Hall–Kier alpha value is -2.48. The number of aliphatic carboxylic acids is 1. The van der Waals surface area contributed by atoms with E-state index >= 15 is 0 Å². The Morgan fingerprint density at radius 3 is 2.37 bits per heavy atom. The van der Waals surface area contributed by atoms with E-state index < -0.39 is 28.1 Å². The van der Waals surface area contributed by atoms with Gasteiger partial charge in [0, 0.05) is 30.3 Å². The fourth-order valence-electron chi connectivity index (χ4n) is 4.11. The minimum atomic E-state index is -4.11. The highest BCUT2D eigenvalue weighted by Gasteiger charge is 2.28. The van der Waals surface area contributed by atoms with Crippen molar-refractivity contribution in [1.29, 1.82) is 0 Å². The fraction of sp³-hybridized carbons (Fsp3) is 0.385. The van der Waals surface area contributed by atoms with Crippen LogP contribution >= 0.6 is 23.1 Å². The number of carboxylic acids is 1. The summed E-state index contributed by atoms with van der Waals surface area (Å²) in [6.07, 6.45) is 2.85. The van der Waals surface area contributed by atoms with Crippen molar-refractivity contribution in [2.24, 2.45) is 0 Å². The summed E-state index contributed by atoms with van der Waals surface area (Å²) >= 11 is 2.70. The van der Waals surface area contributed by atoms with E-state index in [1.807, 2.05) is 24.3 Å². The van der Waals surface area contributed by atoms with Gasteiger partial charge in [0.1, 0.15) is 22.7 Å². The second-order valence-electron chi connectivity index (χ2n) is 8.96. The van der Waals surface area contributed by atoms with Crippen LogP contribution in [0.1, 0.15) is 19.3 Å². The van der Waals surface area contributed by atoms with Crippen LogP contribution < -0.4 is 9.46 Å². The molecular weight excluding hydrogens is 547 g/mol. The predicted molar refractivity (Wildman–Crippen MR) is 148 cm³/mol. The van der Waals surface area contributed by atoms with Crippen molar-refractivity contribution < 1.29 is 28.2 Å². The smallest absolute Gasteiger partial charge is 0.321 e. The fourth-order valence-corrected chi connectivity index (χ4v) is 6.92. The molecule has 204 valence electrons. The molecule has 2 aromatic carbocycles. The highest BCUT2D eigenvalue weighted by atomic mass is 32.2. The number of likely N-dealkylation sites (tertiary alicyclic amines) is 1. The molecule has 0 radical (unpaired) electrons. The van der Waals surface area contributed by atoms with E-state index in [0.717, 1.165) is 40.9 Å². The van der Waals surface area contributed by atoms with Gasteiger partial charge < -0.3 is 14.9 Å². The van der Waals surface area contributed by atoms with E-state index in [1.165, 1.54) is 48.1 Å². The lowest BCUT2D eigenvalue weighted by atomic mass is 10.1. The zero-order chi connectivity index (χ0) is 27.0. The average molecular weight is 578 g/mol. The van der Waals surface area contributed by atoms with Crippen molar-refractivity contribution in [2.75, 3.05) is 32.0 Å². The highest BCUT2D eigenvalue weighted by Crippen LogP contribution is 2.25. The number of ether oxygens (including phenoxy) is 1. The molecule has 3 aromatic rings. The van der Waals surface area contributed by atoms with Crippen LogP contribution in [0, 0.1) is 0 Å². The van der Waals surface area contributed by atoms with Gasteiger partial charge in [0.2, 0.25) is 10.0 Å². The minimum absolute atomic E-state index is 0.0546. The molecule has 12 heteroatoms. The summed E-state index contributed by atoms with van der Waals surface area (Å²) in [5.41, 5.74) is 1.72. The lowest BCUT2D eigenvalue weighted by Gasteiger charge is -2.18. The van der Waals surface area contributed by atoms with Crippen molar-refractivity contribution in [3.8, 4) is 16.9 Å². The molecule has 1 aromatic heterocycles. The largest absolute Gasteiger partial charge is 0.492 e. The maximum Gasteiger partial charge on any atom is 0.321 e. The number of aliphatic hydroxyl groups is 1. The van der Waals surface area contributed by atoms with Crippen molar-refractivity contribution in [3.05, 3.63) is 60.1 Å². The molecule has 2 unspecified atom stereocenters. The van der Waals surface area contributed by atoms with E-state index in [0.29, 0.717) is 6.61 Å². The van der Waals surface area contributed by atoms with Crippen LogP contribution in [0.15, 0.2) is 69.3 Å². The normalized spacial score (nSPS) is 15.8. The Labute approximate surface area is 230 Å². The molecule has 0 aliphatic carbocycles. The van der Waals surface area contributed by atoms with Crippen molar-refractivity contribution in [3.63, 3.8) is 0 Å². The van der Waals surface area contributed by atoms with Gasteiger partial charge in [-0.15, -0.1) is 11.3 Å². The number of hydrogen-bond donors (Lipinski definition) is 3. The Morgan fingerprint density at radius 2 is 1.76 bits per heavy atom. The Balaban J connectivity index is 1.31. The van der Waals surface area contributed by atoms with Gasteiger partial charge in [-0.3, -0.25) is 9.69 Å². The molecule has 0 spiro atoms. The van der Waals surface area contributed by atoms with Crippen LogP contribution in [0.5, 0.6) is 5.75 Å². The third kappa shape index (κ3) is 8.26. The first-order valence-corrected chi connectivity index (χ1v) is 15.7. The van der Waals surface area contributed by atoms with Crippen molar-refractivity contribution in [1.82, 2.24) is 14.6 Å². The zero-order valence-corrected chi connectivity index (χ0v) is 23.2. The second-order valence-corrected chi connectivity index (χ2v) is 12.8. The summed E-state index contributed by atoms with van der Waals surface area (Å²) in [6, 6.07) is 12.4. The average Bonchev–Trinajstić information content (AvgIpc) is 3.62. The molecular formula is C26H31N3O6S3. The second kappa shape index (κ2) is 13.5. The molecule has 4 rings (SSSR count). The monoisotopic (exact) mass is 577 g/mol. The highest BCUT2D eigenvalue weighted by molar-refractivity contribution is 8.01. The maximum atomic E-state index is 12.9. The zero-order valence-electron chi connectivity index (χ0n) is 20.7. The molecule has 2 heterocycles. The molecule has 1 aliphatic rings. The van der Waals surface area contributed by atoms with E-state index in [9.17, 15) is 23.4 Å². The van der Waals surface area contributed by atoms with E-state index in [4.69, 9.17) is 4.74 Å². The number of aromatic nitrogens is 1. The number of carboxylic acid groups (broad SMARTS) is 1. The number of thiazole rings is 1. The molecule has 0 saturated carbocycles. The Kier molecular flexibility index (Phi) is 10.2. The van der Waals surface area contributed by atoms with E-state index in [1.54, 1.807) is 23.7 Å². The third-order valence-corrected chi connectivity index (χ3v) is 9.74. The molecule has 1 fully saturated rings. The number of benzene rings is 2. The maximum absolute atomic E-state index is 12.9. The number of carbonyl (C=O) groups is 1. The van der Waals surface area contributed by atoms with Crippen molar-refractivity contribution >= 4 is 39.1 Å². The van der Waals surface area contributed by atoms with Crippen LogP contribution in [0.25, 0.3) is 11.1 Å². The summed E-state index contributed by atoms with van der Waals surface area (Å²) in [5, 5.41) is 21.6. The molecule has 3 N–H and O–H groups in total. The number of thioether (sulfide) groups is 1. The van der Waals surface area contributed by atoms with Crippen molar-refractivity contribution in [2.45, 2.75) is 40.6 Å². The summed E-state index contributed by atoms with van der Waals surface area (Å²) in [5.74, 6) is -0.370. The summed E-state index contributed by atoms with van der Waals surface area (Å²) < 4.78 is 34.5. The standard InChI is InChI=1S/C26H31N3O6S3/c30-21(18-37-26-27-11-16-36-26)17-24(25(31)32)28-38(33,34)23-9-5-20(6-10-23)19-3-7-22(8-4-19)35-15-14-29-12-1-2-13-29/h3-11,16,21,24,28,30H,1-2,12-15,17-18H2,(H,31,32). The van der Waals surface area contributed by atoms with Gasteiger partial charge in [0.05, 0.1) is 11.0 Å². The van der Waals surface area contributed by atoms with Gasteiger partial charge in [-0.1, -0.05) is 36.0 Å². The van der Waals surface area contributed by atoms with Gasteiger partial charge in [-0.25, -0.2) is 13.4 Å². The van der Waals surface area contributed by atoms with Gasteiger partial charge >= 0.3 is 5.97 Å². The Bertz CT molecular complexity index is 1260. The molecule has 2 atom stereocenters. The lowest BCUT2D eigenvalue weighted by molar-refractivity contribution is -0.139. The molecule has 9 nitrogen and oxygen atoms in total. The van der Waals surface area contributed by atoms with E-state index in [-0.39, 0.29) is 17.1 Å². The molecule has 1 aliphatic heterocycles. The number of sulfonamides is 1. The van der Waals surface area contributed by atoms with Gasteiger partial charge in [-0.2, -0.15) is 4.72 Å². The van der Waals surface area contributed by atoms with Crippen LogP contribution in [-0.2, 0) is 14.8 Å². The van der Waals surface area contributed by atoms with Gasteiger partial charge in [0.15, 0.2) is 0 Å². The number of nitrogens with zero attached hydrogens (tertiary/aromatic N) is 2. The Morgan fingerprint density at radius 1 is 1.11 bits per heavy atom. The number of rotatable bonds is 14. The van der Waals surface area contributed by atoms with Crippen LogP contribution in [0.2, 0.25) is 0 Å². The van der Waals surface area contributed by atoms with Crippen LogP contribution in [-0.4, -0.2) is 78.6 Å². The minimum Gasteiger partial charge on any atom is -0.492 e. The SMILES string of the molecule is O=C(O)C(CC(O)CSc1nccs1)NS(=O)(=O)c1ccc(-c2ccc(OCCN3CCCC3)cc2)cc1.